The average molecular weight is 255 g/mol. The van der Waals surface area contributed by atoms with E-state index in [0.717, 1.165) is 11.5 Å². The van der Waals surface area contributed by atoms with Crippen LogP contribution in [-0.2, 0) is 4.79 Å². The van der Waals surface area contributed by atoms with E-state index < -0.39 is 5.97 Å². The zero-order valence-corrected chi connectivity index (χ0v) is 10.2. The Morgan fingerprint density at radius 1 is 1.59 bits per heavy atom. The summed E-state index contributed by atoms with van der Waals surface area (Å²) in [6, 6.07) is -0.0561. The van der Waals surface area contributed by atoms with Crippen LogP contribution in [0.2, 0.25) is 0 Å². The molecule has 92 valence electrons. The topological polar surface area (TPSA) is 83.4 Å². The molecular weight excluding hydrogens is 242 g/mol. The van der Waals surface area contributed by atoms with Crippen LogP contribution in [0.1, 0.15) is 29.4 Å². The average Bonchev–Trinajstić information content (AvgIpc) is 2.81. The lowest BCUT2D eigenvalue weighted by molar-refractivity contribution is -0.143. The summed E-state index contributed by atoms with van der Waals surface area (Å²) < 4.78 is 3.66. The Hall–Kier alpha value is -1.50. The lowest BCUT2D eigenvalue weighted by Crippen LogP contribution is -2.45. The van der Waals surface area contributed by atoms with Crippen molar-refractivity contribution >= 4 is 23.4 Å². The fourth-order valence-electron chi connectivity index (χ4n) is 2.10. The molecule has 2 heterocycles. The molecule has 2 unspecified atom stereocenters. The Balaban J connectivity index is 2.05. The van der Waals surface area contributed by atoms with E-state index in [1.165, 1.54) is 6.20 Å². The number of hydrogen-bond acceptors (Lipinski definition) is 5. The number of nitrogens with zero attached hydrogens (tertiary/aromatic N) is 3. The lowest BCUT2D eigenvalue weighted by Gasteiger charge is -2.35. The molecule has 0 aromatic carbocycles. The number of aliphatic carboxylic acids is 1. The summed E-state index contributed by atoms with van der Waals surface area (Å²) >= 11 is 1.07. The molecule has 1 saturated heterocycles. The van der Waals surface area contributed by atoms with Gasteiger partial charge in [-0.25, -0.2) is 0 Å². The van der Waals surface area contributed by atoms with E-state index in [-0.39, 0.29) is 17.9 Å². The SMILES string of the molecule is CC1CC(C(=O)O)CCN1C(=O)c1cnns1. The number of carbonyl (C=O) groups is 2. The van der Waals surface area contributed by atoms with E-state index in [1.807, 2.05) is 6.92 Å². The first kappa shape index (κ1) is 12.0. The van der Waals surface area contributed by atoms with Crippen molar-refractivity contribution in [2.24, 2.45) is 5.92 Å². The molecule has 1 fully saturated rings. The Kier molecular flexibility index (Phi) is 3.37. The van der Waals surface area contributed by atoms with Crippen molar-refractivity contribution in [2.45, 2.75) is 25.8 Å². The lowest BCUT2D eigenvalue weighted by atomic mass is 9.91. The van der Waals surface area contributed by atoms with Crippen LogP contribution >= 0.6 is 11.5 Å². The third-order valence-electron chi connectivity index (χ3n) is 3.06. The molecule has 6 nitrogen and oxygen atoms in total. The first-order valence-corrected chi connectivity index (χ1v) is 6.18. The molecule has 1 aliphatic heterocycles. The van der Waals surface area contributed by atoms with Crippen molar-refractivity contribution in [1.29, 1.82) is 0 Å². The summed E-state index contributed by atoms with van der Waals surface area (Å²) in [5.74, 6) is -1.21. The fraction of sp³-hybridized carbons (Fsp3) is 0.600. The third-order valence-corrected chi connectivity index (χ3v) is 3.71. The van der Waals surface area contributed by atoms with Gasteiger partial charge >= 0.3 is 5.97 Å². The number of carboxylic acid groups (broad SMARTS) is 1. The quantitative estimate of drug-likeness (QED) is 0.847. The summed E-state index contributed by atoms with van der Waals surface area (Å²) in [5.41, 5.74) is 0. The van der Waals surface area contributed by atoms with Crippen molar-refractivity contribution in [3.8, 4) is 0 Å². The van der Waals surface area contributed by atoms with E-state index in [0.29, 0.717) is 24.3 Å². The normalized spacial score (nSPS) is 24.6. The fourth-order valence-corrected chi connectivity index (χ4v) is 2.57. The molecule has 1 N–H and O–H groups in total. The molecule has 0 aliphatic carbocycles. The van der Waals surface area contributed by atoms with Gasteiger partial charge in [0.05, 0.1) is 12.1 Å². The highest BCUT2D eigenvalue weighted by Gasteiger charge is 2.33. The predicted molar refractivity (Wildman–Crippen MR) is 60.8 cm³/mol. The molecule has 1 aliphatic rings. The maximum Gasteiger partial charge on any atom is 0.306 e. The van der Waals surface area contributed by atoms with E-state index in [9.17, 15) is 9.59 Å². The minimum atomic E-state index is -0.775. The number of piperidine rings is 1. The van der Waals surface area contributed by atoms with Crippen LogP contribution < -0.4 is 0 Å². The van der Waals surface area contributed by atoms with Crippen molar-refractivity contribution in [2.75, 3.05) is 6.54 Å². The van der Waals surface area contributed by atoms with Gasteiger partial charge < -0.3 is 10.0 Å². The Morgan fingerprint density at radius 2 is 2.35 bits per heavy atom. The highest BCUT2D eigenvalue weighted by Crippen LogP contribution is 2.24. The first-order valence-electron chi connectivity index (χ1n) is 5.40. The third kappa shape index (κ3) is 2.44. The van der Waals surface area contributed by atoms with Gasteiger partial charge in [-0.2, -0.15) is 0 Å². The number of hydrogen-bond donors (Lipinski definition) is 1. The zero-order valence-electron chi connectivity index (χ0n) is 9.37. The van der Waals surface area contributed by atoms with Crippen LogP contribution in [0.5, 0.6) is 0 Å². The van der Waals surface area contributed by atoms with Gasteiger partial charge in [-0.1, -0.05) is 4.49 Å². The summed E-state index contributed by atoms with van der Waals surface area (Å²) in [4.78, 5) is 25.1. The highest BCUT2D eigenvalue weighted by molar-refractivity contribution is 7.07. The van der Waals surface area contributed by atoms with Crippen molar-refractivity contribution in [3.05, 3.63) is 11.1 Å². The van der Waals surface area contributed by atoms with E-state index in [1.54, 1.807) is 4.90 Å². The number of aromatic nitrogens is 2. The minimum Gasteiger partial charge on any atom is -0.481 e. The Labute approximate surface area is 102 Å². The predicted octanol–water partition coefficient (Wildman–Crippen LogP) is 0.863. The maximum absolute atomic E-state index is 12.1. The van der Waals surface area contributed by atoms with Gasteiger partial charge in [0.25, 0.3) is 5.91 Å². The smallest absolute Gasteiger partial charge is 0.306 e. The van der Waals surface area contributed by atoms with Crippen LogP contribution in [0, 0.1) is 5.92 Å². The van der Waals surface area contributed by atoms with E-state index in [4.69, 9.17) is 5.11 Å². The Morgan fingerprint density at radius 3 is 2.88 bits per heavy atom. The maximum atomic E-state index is 12.1. The van der Waals surface area contributed by atoms with Crippen molar-refractivity contribution < 1.29 is 14.7 Å². The zero-order chi connectivity index (χ0) is 12.4. The highest BCUT2D eigenvalue weighted by atomic mass is 32.1. The van der Waals surface area contributed by atoms with Gasteiger partial charge in [0.1, 0.15) is 4.88 Å². The molecule has 7 heteroatoms. The van der Waals surface area contributed by atoms with Crippen molar-refractivity contribution in [3.63, 3.8) is 0 Å². The summed E-state index contributed by atoms with van der Waals surface area (Å²) in [6.07, 6.45) is 2.47. The van der Waals surface area contributed by atoms with E-state index in [2.05, 4.69) is 9.59 Å². The number of amides is 1. The van der Waals surface area contributed by atoms with Gasteiger partial charge in [0.15, 0.2) is 0 Å². The molecule has 1 amide bonds. The molecular formula is C10H13N3O3S. The van der Waals surface area contributed by atoms with Crippen molar-refractivity contribution in [1.82, 2.24) is 14.5 Å². The van der Waals surface area contributed by atoms with Crippen LogP contribution in [0.25, 0.3) is 0 Å². The molecule has 0 saturated carbocycles. The van der Waals surface area contributed by atoms with Gasteiger partial charge in [0.2, 0.25) is 0 Å². The summed E-state index contributed by atoms with van der Waals surface area (Å²) in [7, 11) is 0. The molecule has 0 spiro atoms. The molecule has 1 aromatic rings. The second kappa shape index (κ2) is 4.79. The van der Waals surface area contributed by atoms with Gasteiger partial charge in [-0.3, -0.25) is 9.59 Å². The van der Waals surface area contributed by atoms with Crippen LogP contribution in [0.4, 0.5) is 0 Å². The van der Waals surface area contributed by atoms with Gasteiger partial charge in [-0.15, -0.1) is 5.10 Å². The number of likely N-dealkylation sites (tertiary alicyclic amines) is 1. The number of rotatable bonds is 2. The summed E-state index contributed by atoms with van der Waals surface area (Å²) in [6.45, 7) is 2.36. The second-order valence-electron chi connectivity index (χ2n) is 4.19. The second-order valence-corrected chi connectivity index (χ2v) is 4.97. The van der Waals surface area contributed by atoms with Crippen LogP contribution in [0.3, 0.4) is 0 Å². The van der Waals surface area contributed by atoms with Gasteiger partial charge in [0, 0.05) is 12.6 Å². The van der Waals surface area contributed by atoms with Gasteiger partial charge in [-0.05, 0) is 31.3 Å². The monoisotopic (exact) mass is 255 g/mol. The number of carboxylic acids is 1. The largest absolute Gasteiger partial charge is 0.481 e. The summed E-state index contributed by atoms with van der Waals surface area (Å²) in [5, 5.41) is 12.6. The molecule has 2 atom stereocenters. The molecule has 1 aromatic heterocycles. The number of carbonyl (C=O) groups excluding carboxylic acids is 1. The molecule has 0 radical (unpaired) electrons. The molecule has 2 rings (SSSR count). The van der Waals surface area contributed by atoms with E-state index >= 15 is 0 Å². The first-order chi connectivity index (χ1) is 8.09. The van der Waals surface area contributed by atoms with Crippen LogP contribution in [-0.4, -0.2) is 44.1 Å². The molecule has 0 bridgehead atoms. The Bertz CT molecular complexity index is 420. The van der Waals surface area contributed by atoms with Crippen LogP contribution in [0.15, 0.2) is 6.20 Å². The standard InChI is InChI=1S/C10H13N3O3S/c1-6-4-7(10(15)16)2-3-13(6)9(14)8-5-11-12-17-8/h5-7H,2-4H2,1H3,(H,15,16). The molecule has 17 heavy (non-hydrogen) atoms. The minimum absolute atomic E-state index is 0.0561.